The SMILES string of the molecule is N#Cc1[c]c2cc3ccccc3cc2cc1C#N. The van der Waals surface area contributed by atoms with Crippen molar-refractivity contribution in [1.82, 2.24) is 0 Å². The summed E-state index contributed by atoms with van der Waals surface area (Å²) in [6.45, 7) is 0. The summed E-state index contributed by atoms with van der Waals surface area (Å²) in [6, 6.07) is 20.8. The van der Waals surface area contributed by atoms with E-state index in [-0.39, 0.29) is 0 Å². The van der Waals surface area contributed by atoms with Gasteiger partial charge in [0.25, 0.3) is 0 Å². The van der Waals surface area contributed by atoms with Crippen LogP contribution in [0.4, 0.5) is 0 Å². The lowest BCUT2D eigenvalue weighted by atomic mass is 9.99. The molecule has 0 aliphatic heterocycles. The molecule has 0 bridgehead atoms. The molecule has 0 saturated carbocycles. The molecular weight excluding hydrogens is 220 g/mol. The Balaban J connectivity index is 2.45. The highest BCUT2D eigenvalue weighted by Gasteiger charge is 2.05. The van der Waals surface area contributed by atoms with Gasteiger partial charge in [-0.2, -0.15) is 10.5 Å². The standard InChI is InChI=1S/C16H7N2/c17-9-15-7-13-5-11-3-1-2-4-12(11)6-14(13)8-16(15)10-18/h1-7H. The summed E-state index contributed by atoms with van der Waals surface area (Å²) >= 11 is 0. The van der Waals surface area contributed by atoms with Gasteiger partial charge in [-0.15, -0.1) is 0 Å². The van der Waals surface area contributed by atoms with Crippen LogP contribution >= 0.6 is 0 Å². The van der Waals surface area contributed by atoms with E-state index in [9.17, 15) is 0 Å². The minimum Gasteiger partial charge on any atom is -0.192 e. The first-order valence-electron chi connectivity index (χ1n) is 5.51. The molecule has 0 saturated heterocycles. The van der Waals surface area contributed by atoms with Gasteiger partial charge >= 0.3 is 0 Å². The van der Waals surface area contributed by atoms with E-state index < -0.39 is 0 Å². The summed E-state index contributed by atoms with van der Waals surface area (Å²) in [7, 11) is 0. The zero-order chi connectivity index (χ0) is 12.5. The van der Waals surface area contributed by atoms with Crippen LogP contribution in [0.25, 0.3) is 21.5 Å². The molecule has 0 atom stereocenters. The van der Waals surface area contributed by atoms with Gasteiger partial charge in [0.05, 0.1) is 11.1 Å². The third-order valence-electron chi connectivity index (χ3n) is 2.98. The molecule has 3 aromatic rings. The van der Waals surface area contributed by atoms with Crippen molar-refractivity contribution in [3.05, 3.63) is 59.7 Å². The van der Waals surface area contributed by atoms with Crippen LogP contribution in [0.15, 0.2) is 42.5 Å². The molecule has 0 spiro atoms. The molecule has 0 N–H and O–H groups in total. The Morgan fingerprint density at radius 2 is 1.56 bits per heavy atom. The lowest BCUT2D eigenvalue weighted by molar-refractivity contribution is 1.44. The highest BCUT2D eigenvalue weighted by molar-refractivity contribution is 5.98. The Kier molecular flexibility index (Phi) is 2.22. The van der Waals surface area contributed by atoms with Crippen LogP contribution in [0.1, 0.15) is 11.1 Å². The van der Waals surface area contributed by atoms with Gasteiger partial charge in [-0.05, 0) is 39.7 Å². The van der Waals surface area contributed by atoms with Crippen LogP contribution in [0.5, 0.6) is 0 Å². The molecule has 0 aliphatic rings. The monoisotopic (exact) mass is 227 g/mol. The highest BCUT2D eigenvalue weighted by Crippen LogP contribution is 2.24. The van der Waals surface area contributed by atoms with Gasteiger partial charge in [-0.3, -0.25) is 0 Å². The smallest absolute Gasteiger partial charge is 0.101 e. The Morgan fingerprint density at radius 1 is 0.833 bits per heavy atom. The topological polar surface area (TPSA) is 47.6 Å². The lowest BCUT2D eigenvalue weighted by Crippen LogP contribution is -1.86. The molecule has 0 amide bonds. The van der Waals surface area contributed by atoms with Crippen molar-refractivity contribution in [3.63, 3.8) is 0 Å². The molecule has 18 heavy (non-hydrogen) atoms. The van der Waals surface area contributed by atoms with Crippen molar-refractivity contribution < 1.29 is 0 Å². The number of benzene rings is 3. The maximum atomic E-state index is 9.00. The number of fused-ring (bicyclic) bond motifs is 2. The van der Waals surface area contributed by atoms with Gasteiger partial charge in [0.2, 0.25) is 0 Å². The van der Waals surface area contributed by atoms with E-state index in [0.717, 1.165) is 21.5 Å². The van der Waals surface area contributed by atoms with E-state index in [2.05, 4.69) is 6.07 Å². The number of hydrogen-bond donors (Lipinski definition) is 0. The van der Waals surface area contributed by atoms with Crippen LogP contribution in [0.3, 0.4) is 0 Å². The second-order valence-electron chi connectivity index (χ2n) is 4.07. The second kappa shape index (κ2) is 3.87. The fourth-order valence-corrected chi connectivity index (χ4v) is 2.09. The first kappa shape index (κ1) is 10.3. The molecule has 0 aromatic heterocycles. The van der Waals surface area contributed by atoms with Crippen LogP contribution < -0.4 is 0 Å². The van der Waals surface area contributed by atoms with Crippen LogP contribution in [0.2, 0.25) is 0 Å². The zero-order valence-corrected chi connectivity index (χ0v) is 9.44. The second-order valence-corrected chi connectivity index (χ2v) is 4.07. The largest absolute Gasteiger partial charge is 0.192 e. The van der Waals surface area contributed by atoms with E-state index in [1.807, 2.05) is 48.5 Å². The maximum absolute atomic E-state index is 9.00. The Bertz CT molecular complexity index is 776. The molecule has 0 fully saturated rings. The Morgan fingerprint density at radius 3 is 2.22 bits per heavy atom. The maximum Gasteiger partial charge on any atom is 0.101 e. The molecule has 0 heterocycles. The first-order valence-corrected chi connectivity index (χ1v) is 5.51. The normalized spacial score (nSPS) is 10.1. The molecule has 0 aliphatic carbocycles. The van der Waals surface area contributed by atoms with E-state index in [0.29, 0.717) is 11.1 Å². The van der Waals surface area contributed by atoms with Gasteiger partial charge in [0.1, 0.15) is 12.1 Å². The van der Waals surface area contributed by atoms with E-state index in [1.165, 1.54) is 0 Å². The van der Waals surface area contributed by atoms with Gasteiger partial charge in [0.15, 0.2) is 0 Å². The minimum absolute atomic E-state index is 0.306. The number of nitriles is 2. The molecule has 81 valence electrons. The van der Waals surface area contributed by atoms with Crippen LogP contribution in [-0.2, 0) is 0 Å². The molecule has 2 heteroatoms. The van der Waals surface area contributed by atoms with Crippen molar-refractivity contribution in [1.29, 1.82) is 10.5 Å². The van der Waals surface area contributed by atoms with Crippen molar-refractivity contribution in [2.75, 3.05) is 0 Å². The third-order valence-corrected chi connectivity index (χ3v) is 2.98. The molecule has 3 aromatic carbocycles. The number of nitrogens with zero attached hydrogens (tertiary/aromatic N) is 2. The number of hydrogen-bond acceptors (Lipinski definition) is 2. The van der Waals surface area contributed by atoms with Crippen molar-refractivity contribution in [3.8, 4) is 12.1 Å². The summed E-state index contributed by atoms with van der Waals surface area (Å²) in [5.74, 6) is 0. The van der Waals surface area contributed by atoms with E-state index in [1.54, 1.807) is 6.07 Å². The van der Waals surface area contributed by atoms with Crippen molar-refractivity contribution >= 4 is 21.5 Å². The summed E-state index contributed by atoms with van der Waals surface area (Å²) in [5.41, 5.74) is 0.681. The molecule has 1 radical (unpaired) electrons. The predicted octanol–water partition coefficient (Wildman–Crippen LogP) is 3.54. The lowest BCUT2D eigenvalue weighted by Gasteiger charge is -2.03. The summed E-state index contributed by atoms with van der Waals surface area (Å²) in [4.78, 5) is 0. The van der Waals surface area contributed by atoms with Gasteiger partial charge in [-0.1, -0.05) is 24.3 Å². The van der Waals surface area contributed by atoms with Crippen LogP contribution in [0, 0.1) is 28.7 Å². The molecule has 3 rings (SSSR count). The summed E-state index contributed by atoms with van der Waals surface area (Å²) < 4.78 is 0. The zero-order valence-electron chi connectivity index (χ0n) is 9.44. The molecule has 2 nitrogen and oxygen atoms in total. The van der Waals surface area contributed by atoms with Crippen molar-refractivity contribution in [2.45, 2.75) is 0 Å². The van der Waals surface area contributed by atoms with Crippen molar-refractivity contribution in [2.24, 2.45) is 0 Å². The van der Waals surface area contributed by atoms with Gasteiger partial charge in [-0.25, -0.2) is 0 Å². The highest BCUT2D eigenvalue weighted by atomic mass is 14.3. The average molecular weight is 227 g/mol. The van der Waals surface area contributed by atoms with E-state index >= 15 is 0 Å². The van der Waals surface area contributed by atoms with Gasteiger partial charge in [0, 0.05) is 6.07 Å². The molecular formula is C16H7N2. The summed E-state index contributed by atoms with van der Waals surface area (Å²) in [6.07, 6.45) is 0. The quantitative estimate of drug-likeness (QED) is 0.551. The Labute approximate surface area is 104 Å². The predicted molar refractivity (Wildman–Crippen MR) is 69.7 cm³/mol. The fraction of sp³-hybridized carbons (Fsp3) is 0. The summed E-state index contributed by atoms with van der Waals surface area (Å²) in [5, 5.41) is 22.0. The average Bonchev–Trinajstić information content (AvgIpc) is 2.43. The Hall–Kier alpha value is -2.84. The fourth-order valence-electron chi connectivity index (χ4n) is 2.09. The molecule has 0 unspecified atom stereocenters. The van der Waals surface area contributed by atoms with Gasteiger partial charge < -0.3 is 0 Å². The van der Waals surface area contributed by atoms with E-state index in [4.69, 9.17) is 10.5 Å². The van der Waals surface area contributed by atoms with Crippen LogP contribution in [-0.4, -0.2) is 0 Å². The first-order chi connectivity index (χ1) is 8.81. The third kappa shape index (κ3) is 1.49. The number of rotatable bonds is 0. The minimum atomic E-state index is 0.306.